The normalized spacial score (nSPS) is 13.8. The van der Waals surface area contributed by atoms with Gasteiger partial charge in [-0.3, -0.25) is 4.79 Å². The highest BCUT2D eigenvalue weighted by molar-refractivity contribution is 5.95. The summed E-state index contributed by atoms with van der Waals surface area (Å²) in [6.45, 7) is 4.02. The van der Waals surface area contributed by atoms with Crippen molar-refractivity contribution in [2.75, 3.05) is 24.3 Å². The largest absolute Gasteiger partial charge is 0.378 e. The molecule has 4 heteroatoms. The first-order valence-electron chi connectivity index (χ1n) is 6.29. The molecule has 4 nitrogen and oxygen atoms in total. The number of nitrogens with zero attached hydrogens (tertiary/aromatic N) is 1. The standard InChI is InChI=1S/C14H23N3O/c1-5-10(2)13(15)14(18)16-11-7-6-8-12(9-11)17(3)4/h6-10,13H,5,15H2,1-4H3,(H,16,18)/t10?,13-/m0/s1. The highest BCUT2D eigenvalue weighted by Gasteiger charge is 2.19. The molecule has 1 aromatic carbocycles. The summed E-state index contributed by atoms with van der Waals surface area (Å²) >= 11 is 0. The van der Waals surface area contributed by atoms with Gasteiger partial charge < -0.3 is 16.0 Å². The maximum atomic E-state index is 11.9. The molecule has 0 radical (unpaired) electrons. The van der Waals surface area contributed by atoms with E-state index in [4.69, 9.17) is 5.73 Å². The van der Waals surface area contributed by atoms with E-state index >= 15 is 0 Å². The SMILES string of the molecule is CCC(C)[C@H](N)C(=O)Nc1cccc(N(C)C)c1. The van der Waals surface area contributed by atoms with Crippen LogP contribution in [-0.2, 0) is 4.79 Å². The van der Waals surface area contributed by atoms with Crippen LogP contribution in [0, 0.1) is 5.92 Å². The van der Waals surface area contributed by atoms with Crippen LogP contribution in [0.15, 0.2) is 24.3 Å². The minimum Gasteiger partial charge on any atom is -0.378 e. The van der Waals surface area contributed by atoms with Gasteiger partial charge in [-0.25, -0.2) is 0 Å². The van der Waals surface area contributed by atoms with Crippen LogP contribution in [0.3, 0.4) is 0 Å². The number of nitrogens with two attached hydrogens (primary N) is 1. The Morgan fingerprint density at radius 2 is 2.11 bits per heavy atom. The van der Waals surface area contributed by atoms with Crippen LogP contribution < -0.4 is 16.0 Å². The molecule has 3 N–H and O–H groups in total. The number of hydrogen-bond acceptors (Lipinski definition) is 3. The smallest absolute Gasteiger partial charge is 0.241 e. The molecule has 100 valence electrons. The van der Waals surface area contributed by atoms with Crippen molar-refractivity contribution in [3.63, 3.8) is 0 Å². The van der Waals surface area contributed by atoms with E-state index in [1.807, 2.05) is 57.1 Å². The van der Waals surface area contributed by atoms with E-state index in [9.17, 15) is 4.79 Å². The molecule has 0 spiro atoms. The van der Waals surface area contributed by atoms with Gasteiger partial charge in [0.15, 0.2) is 0 Å². The number of carbonyl (C=O) groups is 1. The molecule has 0 bridgehead atoms. The lowest BCUT2D eigenvalue weighted by atomic mass is 9.99. The van der Waals surface area contributed by atoms with Crippen LogP contribution in [-0.4, -0.2) is 26.0 Å². The number of anilines is 2. The molecule has 0 saturated heterocycles. The molecule has 1 rings (SSSR count). The van der Waals surface area contributed by atoms with E-state index in [0.29, 0.717) is 0 Å². The van der Waals surface area contributed by atoms with E-state index in [1.165, 1.54) is 0 Å². The van der Waals surface area contributed by atoms with Gasteiger partial charge in [-0.05, 0) is 24.1 Å². The lowest BCUT2D eigenvalue weighted by Gasteiger charge is -2.19. The zero-order chi connectivity index (χ0) is 13.7. The van der Waals surface area contributed by atoms with Crippen molar-refractivity contribution in [2.24, 2.45) is 11.7 Å². The van der Waals surface area contributed by atoms with Gasteiger partial charge >= 0.3 is 0 Å². The van der Waals surface area contributed by atoms with Gasteiger partial charge in [-0.2, -0.15) is 0 Å². The molecule has 0 aliphatic carbocycles. The molecule has 0 fully saturated rings. The molecule has 1 aromatic rings. The summed E-state index contributed by atoms with van der Waals surface area (Å²) < 4.78 is 0. The van der Waals surface area contributed by atoms with Gasteiger partial charge in [0.2, 0.25) is 5.91 Å². The van der Waals surface area contributed by atoms with Crippen molar-refractivity contribution < 1.29 is 4.79 Å². The van der Waals surface area contributed by atoms with E-state index in [1.54, 1.807) is 0 Å². The van der Waals surface area contributed by atoms with Crippen LogP contribution in [0.1, 0.15) is 20.3 Å². The van der Waals surface area contributed by atoms with Gasteiger partial charge in [0.25, 0.3) is 0 Å². The lowest BCUT2D eigenvalue weighted by Crippen LogP contribution is -2.40. The lowest BCUT2D eigenvalue weighted by molar-refractivity contribution is -0.118. The predicted molar refractivity (Wildman–Crippen MR) is 76.8 cm³/mol. The molecule has 0 aliphatic heterocycles. The number of rotatable bonds is 5. The predicted octanol–water partition coefficient (Wildman–Crippen LogP) is 2.06. The highest BCUT2D eigenvalue weighted by atomic mass is 16.2. The van der Waals surface area contributed by atoms with Crippen molar-refractivity contribution in [2.45, 2.75) is 26.3 Å². The minimum atomic E-state index is -0.460. The van der Waals surface area contributed by atoms with Crippen molar-refractivity contribution in [1.29, 1.82) is 0 Å². The molecule has 0 aromatic heterocycles. The Kier molecular flexibility index (Phi) is 5.16. The Morgan fingerprint density at radius 3 is 2.67 bits per heavy atom. The third-order valence-corrected chi connectivity index (χ3v) is 3.19. The Balaban J connectivity index is 2.73. The third-order valence-electron chi connectivity index (χ3n) is 3.19. The fourth-order valence-corrected chi connectivity index (χ4v) is 1.60. The summed E-state index contributed by atoms with van der Waals surface area (Å²) in [6, 6.07) is 7.25. The number of hydrogen-bond donors (Lipinski definition) is 2. The second kappa shape index (κ2) is 6.40. The minimum absolute atomic E-state index is 0.125. The number of nitrogens with one attached hydrogen (secondary N) is 1. The Morgan fingerprint density at radius 1 is 1.44 bits per heavy atom. The Labute approximate surface area is 109 Å². The third kappa shape index (κ3) is 3.74. The van der Waals surface area contributed by atoms with Crippen molar-refractivity contribution >= 4 is 17.3 Å². The molecule has 0 aliphatic rings. The maximum absolute atomic E-state index is 11.9. The summed E-state index contributed by atoms with van der Waals surface area (Å²) in [4.78, 5) is 13.9. The van der Waals surface area contributed by atoms with E-state index < -0.39 is 6.04 Å². The highest BCUT2D eigenvalue weighted by Crippen LogP contribution is 2.18. The van der Waals surface area contributed by atoms with E-state index in [0.717, 1.165) is 17.8 Å². The molecule has 0 heterocycles. The van der Waals surface area contributed by atoms with Crippen LogP contribution in [0.4, 0.5) is 11.4 Å². The van der Waals surface area contributed by atoms with E-state index in [2.05, 4.69) is 5.32 Å². The monoisotopic (exact) mass is 249 g/mol. The van der Waals surface area contributed by atoms with Crippen LogP contribution in [0.5, 0.6) is 0 Å². The maximum Gasteiger partial charge on any atom is 0.241 e. The Bertz CT molecular complexity index is 404. The first-order chi connectivity index (χ1) is 8.45. The summed E-state index contributed by atoms with van der Waals surface area (Å²) in [6.07, 6.45) is 0.895. The van der Waals surface area contributed by atoms with Crippen molar-refractivity contribution in [3.05, 3.63) is 24.3 Å². The molecule has 2 atom stereocenters. The van der Waals surface area contributed by atoms with Crippen LogP contribution in [0.25, 0.3) is 0 Å². The van der Waals surface area contributed by atoms with Crippen LogP contribution in [0.2, 0.25) is 0 Å². The van der Waals surface area contributed by atoms with Crippen LogP contribution >= 0.6 is 0 Å². The van der Waals surface area contributed by atoms with Crippen molar-refractivity contribution in [1.82, 2.24) is 0 Å². The van der Waals surface area contributed by atoms with Gasteiger partial charge in [0.1, 0.15) is 0 Å². The second-order valence-corrected chi connectivity index (χ2v) is 4.85. The zero-order valence-electron chi connectivity index (χ0n) is 11.6. The average molecular weight is 249 g/mol. The van der Waals surface area contributed by atoms with Crippen molar-refractivity contribution in [3.8, 4) is 0 Å². The summed E-state index contributed by atoms with van der Waals surface area (Å²) in [5, 5.41) is 2.86. The summed E-state index contributed by atoms with van der Waals surface area (Å²) in [5.74, 6) is 0.0577. The average Bonchev–Trinajstić information content (AvgIpc) is 2.37. The topological polar surface area (TPSA) is 58.4 Å². The molecule has 1 amide bonds. The van der Waals surface area contributed by atoms with Gasteiger partial charge in [0.05, 0.1) is 6.04 Å². The molecule has 0 saturated carbocycles. The molecular formula is C14H23N3O. The summed E-state index contributed by atoms with van der Waals surface area (Å²) in [7, 11) is 3.93. The first-order valence-corrected chi connectivity index (χ1v) is 6.29. The first kappa shape index (κ1) is 14.5. The second-order valence-electron chi connectivity index (χ2n) is 4.85. The quantitative estimate of drug-likeness (QED) is 0.840. The van der Waals surface area contributed by atoms with Gasteiger partial charge in [0, 0.05) is 25.5 Å². The number of carbonyl (C=O) groups excluding carboxylic acids is 1. The fourth-order valence-electron chi connectivity index (χ4n) is 1.60. The number of benzene rings is 1. The fraction of sp³-hybridized carbons (Fsp3) is 0.500. The Hall–Kier alpha value is -1.55. The summed E-state index contributed by atoms with van der Waals surface area (Å²) in [5.41, 5.74) is 7.72. The molecular weight excluding hydrogens is 226 g/mol. The van der Waals surface area contributed by atoms with E-state index in [-0.39, 0.29) is 11.8 Å². The number of amides is 1. The van der Waals surface area contributed by atoms with Gasteiger partial charge in [-0.15, -0.1) is 0 Å². The van der Waals surface area contributed by atoms with Gasteiger partial charge in [-0.1, -0.05) is 26.3 Å². The molecule has 18 heavy (non-hydrogen) atoms. The zero-order valence-corrected chi connectivity index (χ0v) is 11.6. The molecule has 1 unspecified atom stereocenters.